The van der Waals surface area contributed by atoms with Gasteiger partial charge in [0.2, 0.25) is 0 Å². The number of carbonyl (C=O) groups excluding carboxylic acids is 1. The Kier molecular flexibility index (Phi) is 4.98. The molecule has 2 aromatic rings. The molecule has 0 radical (unpaired) electrons. The second-order valence-electron chi connectivity index (χ2n) is 9.73. The van der Waals surface area contributed by atoms with Crippen molar-refractivity contribution in [1.29, 1.82) is 0 Å². The summed E-state index contributed by atoms with van der Waals surface area (Å²) in [5.74, 6) is -1.14. The molecule has 2 aliphatic rings. The number of hydrogen-bond donors (Lipinski definition) is 2. The number of phenolic OH excluding ortho intramolecular Hbond substituents is 1. The van der Waals surface area contributed by atoms with Crippen LogP contribution in [0.15, 0.2) is 42.5 Å². The zero-order valence-corrected chi connectivity index (χ0v) is 17.3. The lowest BCUT2D eigenvalue weighted by molar-refractivity contribution is 0.0255. The van der Waals surface area contributed by atoms with E-state index in [1.165, 1.54) is 24.3 Å². The first-order valence-electron chi connectivity index (χ1n) is 10.2. The number of carbonyl (C=O) groups is 1. The molecule has 0 bridgehead atoms. The first-order valence-corrected chi connectivity index (χ1v) is 10.2. The van der Waals surface area contributed by atoms with Crippen LogP contribution < -0.4 is 0 Å². The standard InChI is InChI=1S/C24H27F2NO3/c1-22-12-24(30,10-17-3-6-18(25)9-20(17)26)13-23(22,2)15-27(14-22)11-21(29)16-4-7-19(28)8-5-16/h3-9,28,30H,10-15H2,1-2H3/t22-,23+,24-. The Morgan fingerprint density at radius 2 is 1.63 bits per heavy atom. The molecule has 0 amide bonds. The van der Waals surface area contributed by atoms with Gasteiger partial charge in [0.1, 0.15) is 17.4 Å². The van der Waals surface area contributed by atoms with Crippen LogP contribution in [0.25, 0.3) is 0 Å². The van der Waals surface area contributed by atoms with Crippen LogP contribution >= 0.6 is 0 Å². The van der Waals surface area contributed by atoms with E-state index in [1.807, 2.05) is 0 Å². The molecular formula is C24H27F2NO3. The third-order valence-corrected chi connectivity index (χ3v) is 7.13. The van der Waals surface area contributed by atoms with Gasteiger partial charge in [0.15, 0.2) is 5.78 Å². The number of aromatic hydroxyl groups is 1. The van der Waals surface area contributed by atoms with E-state index in [1.54, 1.807) is 12.1 Å². The van der Waals surface area contributed by atoms with Crippen LogP contribution in [0, 0.1) is 22.5 Å². The van der Waals surface area contributed by atoms with Gasteiger partial charge >= 0.3 is 0 Å². The van der Waals surface area contributed by atoms with Crippen molar-refractivity contribution in [3.63, 3.8) is 0 Å². The summed E-state index contributed by atoms with van der Waals surface area (Å²) in [4.78, 5) is 14.7. The number of rotatable bonds is 5. The van der Waals surface area contributed by atoms with Gasteiger partial charge in [-0.05, 0) is 59.6 Å². The van der Waals surface area contributed by atoms with Crippen molar-refractivity contribution in [2.75, 3.05) is 19.6 Å². The van der Waals surface area contributed by atoms with Gasteiger partial charge in [0.05, 0.1) is 12.1 Å². The number of likely N-dealkylation sites (tertiary alicyclic amines) is 1. The SMILES string of the molecule is C[C@@]12CN(CC(=O)c3ccc(O)cc3)C[C@]1(C)C[C@@](O)(Cc1ccc(F)cc1F)C2. The molecule has 0 spiro atoms. The average molecular weight is 415 g/mol. The number of phenols is 1. The summed E-state index contributed by atoms with van der Waals surface area (Å²) >= 11 is 0. The summed E-state index contributed by atoms with van der Waals surface area (Å²) in [6.45, 7) is 5.86. The topological polar surface area (TPSA) is 60.8 Å². The second-order valence-corrected chi connectivity index (χ2v) is 9.73. The fourth-order valence-electron chi connectivity index (χ4n) is 5.68. The van der Waals surface area contributed by atoms with Crippen molar-refractivity contribution in [3.05, 3.63) is 65.2 Å². The molecule has 2 aromatic carbocycles. The minimum Gasteiger partial charge on any atom is -0.508 e. The van der Waals surface area contributed by atoms with Crippen molar-refractivity contribution < 1.29 is 23.8 Å². The van der Waals surface area contributed by atoms with Crippen molar-refractivity contribution in [3.8, 4) is 5.75 Å². The quantitative estimate of drug-likeness (QED) is 0.726. The lowest BCUT2D eigenvalue weighted by Crippen LogP contribution is -2.36. The molecule has 160 valence electrons. The van der Waals surface area contributed by atoms with E-state index in [4.69, 9.17) is 0 Å². The Balaban J connectivity index is 1.45. The van der Waals surface area contributed by atoms with Gasteiger partial charge in [-0.3, -0.25) is 9.69 Å². The van der Waals surface area contributed by atoms with Crippen LogP contribution in [0.1, 0.15) is 42.6 Å². The highest BCUT2D eigenvalue weighted by atomic mass is 19.1. The Bertz CT molecular complexity index is 957. The molecule has 1 heterocycles. The summed E-state index contributed by atoms with van der Waals surface area (Å²) < 4.78 is 27.3. The van der Waals surface area contributed by atoms with Gasteiger partial charge in [-0.15, -0.1) is 0 Å². The lowest BCUT2D eigenvalue weighted by Gasteiger charge is -2.32. The van der Waals surface area contributed by atoms with Gasteiger partial charge in [-0.2, -0.15) is 0 Å². The van der Waals surface area contributed by atoms with Crippen LogP contribution in [-0.4, -0.2) is 46.1 Å². The highest BCUT2D eigenvalue weighted by molar-refractivity contribution is 5.97. The minimum absolute atomic E-state index is 0.00850. The first-order chi connectivity index (χ1) is 14.0. The van der Waals surface area contributed by atoms with Crippen LogP contribution in [0.3, 0.4) is 0 Å². The fourth-order valence-corrected chi connectivity index (χ4v) is 5.68. The molecule has 4 nitrogen and oxygen atoms in total. The maximum atomic E-state index is 14.1. The first kappa shape index (κ1) is 20.9. The molecule has 0 aromatic heterocycles. The summed E-state index contributed by atoms with van der Waals surface area (Å²) in [5, 5.41) is 20.7. The van der Waals surface area contributed by atoms with Gasteiger partial charge in [-0.1, -0.05) is 19.9 Å². The molecule has 2 fully saturated rings. The summed E-state index contributed by atoms with van der Waals surface area (Å²) in [5.41, 5.74) is -0.607. The number of fused-ring (bicyclic) bond motifs is 1. The van der Waals surface area contributed by atoms with Crippen molar-refractivity contribution >= 4 is 5.78 Å². The number of hydrogen-bond acceptors (Lipinski definition) is 4. The minimum atomic E-state index is -1.06. The number of nitrogens with zero attached hydrogens (tertiary/aromatic N) is 1. The largest absolute Gasteiger partial charge is 0.508 e. The molecule has 1 saturated heterocycles. The Morgan fingerprint density at radius 1 is 1.03 bits per heavy atom. The average Bonchev–Trinajstić information content (AvgIpc) is 2.97. The molecule has 0 unspecified atom stereocenters. The maximum Gasteiger partial charge on any atom is 0.176 e. The zero-order chi connectivity index (χ0) is 21.7. The van der Waals surface area contributed by atoms with E-state index in [0.29, 0.717) is 37.1 Å². The predicted molar refractivity (Wildman–Crippen MR) is 109 cm³/mol. The molecule has 30 heavy (non-hydrogen) atoms. The maximum absolute atomic E-state index is 14.1. The van der Waals surface area contributed by atoms with E-state index >= 15 is 0 Å². The Morgan fingerprint density at radius 3 is 2.20 bits per heavy atom. The normalized spacial score (nSPS) is 31.1. The molecule has 1 aliphatic carbocycles. The number of halogens is 2. The van der Waals surface area contributed by atoms with Crippen LogP contribution in [-0.2, 0) is 6.42 Å². The monoisotopic (exact) mass is 415 g/mol. The number of aliphatic hydroxyl groups is 1. The molecule has 1 aliphatic heterocycles. The van der Waals surface area contributed by atoms with Gasteiger partial charge in [0, 0.05) is 31.1 Å². The summed E-state index contributed by atoms with van der Waals surface area (Å²) in [6, 6.07) is 9.73. The Labute approximate surface area is 175 Å². The van der Waals surface area contributed by atoms with E-state index in [0.717, 1.165) is 6.07 Å². The molecular weight excluding hydrogens is 388 g/mol. The van der Waals surface area contributed by atoms with Gasteiger partial charge in [0.25, 0.3) is 0 Å². The van der Waals surface area contributed by atoms with E-state index in [2.05, 4.69) is 18.7 Å². The zero-order valence-electron chi connectivity index (χ0n) is 17.3. The van der Waals surface area contributed by atoms with Crippen molar-refractivity contribution in [1.82, 2.24) is 4.90 Å². The fraction of sp³-hybridized carbons (Fsp3) is 0.458. The molecule has 2 N–H and O–H groups in total. The summed E-state index contributed by atoms with van der Waals surface area (Å²) in [6.07, 6.45) is 1.14. The van der Waals surface area contributed by atoms with Gasteiger partial charge < -0.3 is 10.2 Å². The van der Waals surface area contributed by atoms with Crippen LogP contribution in [0.4, 0.5) is 8.78 Å². The Hall–Kier alpha value is -2.31. The van der Waals surface area contributed by atoms with E-state index in [9.17, 15) is 23.8 Å². The molecule has 6 heteroatoms. The summed E-state index contributed by atoms with van der Waals surface area (Å²) in [7, 11) is 0. The van der Waals surface area contributed by atoms with Crippen LogP contribution in [0.5, 0.6) is 5.75 Å². The van der Waals surface area contributed by atoms with E-state index < -0.39 is 17.2 Å². The third-order valence-electron chi connectivity index (χ3n) is 7.13. The molecule has 1 saturated carbocycles. The second kappa shape index (κ2) is 7.13. The van der Waals surface area contributed by atoms with E-state index in [-0.39, 0.29) is 35.3 Å². The van der Waals surface area contributed by atoms with Crippen molar-refractivity contribution in [2.24, 2.45) is 10.8 Å². The van der Waals surface area contributed by atoms with Crippen LogP contribution in [0.2, 0.25) is 0 Å². The number of ketones is 1. The smallest absolute Gasteiger partial charge is 0.176 e. The van der Waals surface area contributed by atoms with Crippen molar-refractivity contribution in [2.45, 2.75) is 38.7 Å². The highest BCUT2D eigenvalue weighted by Gasteiger charge is 2.62. The van der Waals surface area contributed by atoms with Gasteiger partial charge in [-0.25, -0.2) is 8.78 Å². The number of benzene rings is 2. The highest BCUT2D eigenvalue weighted by Crippen LogP contribution is 2.61. The molecule has 4 rings (SSSR count). The third kappa shape index (κ3) is 3.74. The number of Topliss-reactive ketones (excluding diaryl/α,β-unsaturated/α-hetero) is 1. The predicted octanol–water partition coefficient (Wildman–Crippen LogP) is 3.95. The molecule has 3 atom stereocenters. The lowest BCUT2D eigenvalue weighted by atomic mass is 9.71.